The standard InChI is InChI=1S/C13H16N2O4S/c1-9-7-15(5-6-19-9)11(16)8-20-12-10(13(17)18)3-2-4-14-12/h2-4,9H,5-8H2,1H3,(H,17,18). The fourth-order valence-corrected chi connectivity index (χ4v) is 2.82. The van der Waals surface area contributed by atoms with Gasteiger partial charge in [-0.3, -0.25) is 4.79 Å². The molecule has 1 aromatic heterocycles. The van der Waals surface area contributed by atoms with Crippen LogP contribution in [0.4, 0.5) is 0 Å². The molecular weight excluding hydrogens is 280 g/mol. The lowest BCUT2D eigenvalue weighted by Gasteiger charge is -2.31. The van der Waals surface area contributed by atoms with Crippen molar-refractivity contribution in [3.8, 4) is 0 Å². The number of hydrogen-bond donors (Lipinski definition) is 1. The van der Waals surface area contributed by atoms with Gasteiger partial charge in [0.25, 0.3) is 0 Å². The van der Waals surface area contributed by atoms with Crippen LogP contribution in [-0.2, 0) is 9.53 Å². The van der Waals surface area contributed by atoms with E-state index in [4.69, 9.17) is 9.84 Å². The minimum absolute atomic E-state index is 0.0212. The maximum Gasteiger partial charge on any atom is 0.338 e. The maximum atomic E-state index is 12.1. The number of morpholine rings is 1. The summed E-state index contributed by atoms with van der Waals surface area (Å²) in [7, 11) is 0. The van der Waals surface area contributed by atoms with E-state index < -0.39 is 5.97 Å². The van der Waals surface area contributed by atoms with Gasteiger partial charge in [0.2, 0.25) is 5.91 Å². The van der Waals surface area contributed by atoms with Gasteiger partial charge in [-0.25, -0.2) is 9.78 Å². The molecule has 108 valence electrons. The molecule has 1 atom stereocenters. The van der Waals surface area contributed by atoms with Crippen LogP contribution in [0.2, 0.25) is 0 Å². The SMILES string of the molecule is CC1CN(C(=O)CSc2ncccc2C(=O)O)CCO1. The van der Waals surface area contributed by atoms with Crippen LogP contribution in [0, 0.1) is 0 Å². The molecule has 0 spiro atoms. The highest BCUT2D eigenvalue weighted by Crippen LogP contribution is 2.20. The molecule has 0 radical (unpaired) electrons. The number of nitrogens with zero attached hydrogens (tertiary/aromatic N) is 2. The lowest BCUT2D eigenvalue weighted by Crippen LogP contribution is -2.45. The second-order valence-corrected chi connectivity index (χ2v) is 5.44. The topological polar surface area (TPSA) is 79.7 Å². The largest absolute Gasteiger partial charge is 0.478 e. The van der Waals surface area contributed by atoms with Crippen molar-refractivity contribution in [2.24, 2.45) is 0 Å². The fraction of sp³-hybridized carbons (Fsp3) is 0.462. The van der Waals surface area contributed by atoms with Gasteiger partial charge in [0.1, 0.15) is 5.03 Å². The van der Waals surface area contributed by atoms with Crippen LogP contribution in [0.15, 0.2) is 23.4 Å². The molecule has 0 aromatic carbocycles. The summed E-state index contributed by atoms with van der Waals surface area (Å²) in [6.07, 6.45) is 1.57. The molecule has 1 aliphatic rings. The lowest BCUT2D eigenvalue weighted by molar-refractivity contribution is -0.135. The number of aromatic nitrogens is 1. The van der Waals surface area contributed by atoms with Gasteiger partial charge in [0.05, 0.1) is 24.0 Å². The van der Waals surface area contributed by atoms with Gasteiger partial charge in [0, 0.05) is 19.3 Å². The molecule has 0 bridgehead atoms. The predicted octanol–water partition coefficient (Wildman–Crippen LogP) is 1.12. The van der Waals surface area contributed by atoms with Gasteiger partial charge in [-0.1, -0.05) is 11.8 Å². The lowest BCUT2D eigenvalue weighted by atomic mass is 10.3. The van der Waals surface area contributed by atoms with Crippen LogP contribution in [0.1, 0.15) is 17.3 Å². The molecule has 2 rings (SSSR count). The first-order chi connectivity index (χ1) is 9.58. The van der Waals surface area contributed by atoms with Crippen molar-refractivity contribution in [3.05, 3.63) is 23.9 Å². The summed E-state index contributed by atoms with van der Waals surface area (Å²) >= 11 is 1.15. The van der Waals surface area contributed by atoms with Crippen molar-refractivity contribution in [3.63, 3.8) is 0 Å². The van der Waals surface area contributed by atoms with Gasteiger partial charge >= 0.3 is 5.97 Å². The Kier molecular flexibility index (Phi) is 4.97. The number of carbonyl (C=O) groups excluding carboxylic acids is 1. The minimum Gasteiger partial charge on any atom is -0.478 e. The smallest absolute Gasteiger partial charge is 0.338 e. The third-order valence-corrected chi connectivity index (χ3v) is 3.92. The van der Waals surface area contributed by atoms with E-state index in [1.807, 2.05) is 6.92 Å². The molecule has 0 saturated carbocycles. The van der Waals surface area contributed by atoms with E-state index in [1.165, 1.54) is 12.3 Å². The number of ether oxygens (including phenoxy) is 1. The third-order valence-electron chi connectivity index (χ3n) is 2.93. The van der Waals surface area contributed by atoms with Gasteiger partial charge < -0.3 is 14.7 Å². The van der Waals surface area contributed by atoms with E-state index in [1.54, 1.807) is 11.0 Å². The molecule has 0 aliphatic carbocycles. The van der Waals surface area contributed by atoms with E-state index in [0.29, 0.717) is 24.7 Å². The molecular formula is C13H16N2O4S. The van der Waals surface area contributed by atoms with Crippen molar-refractivity contribution in [2.45, 2.75) is 18.1 Å². The molecule has 2 heterocycles. The number of amides is 1. The van der Waals surface area contributed by atoms with E-state index in [2.05, 4.69) is 4.98 Å². The zero-order chi connectivity index (χ0) is 14.5. The summed E-state index contributed by atoms with van der Waals surface area (Å²) in [6.45, 7) is 3.63. The average molecular weight is 296 g/mol. The minimum atomic E-state index is -1.03. The predicted molar refractivity (Wildman–Crippen MR) is 73.9 cm³/mol. The molecule has 7 heteroatoms. The molecule has 6 nitrogen and oxygen atoms in total. The van der Waals surface area contributed by atoms with Crippen molar-refractivity contribution >= 4 is 23.6 Å². The average Bonchev–Trinajstić information content (AvgIpc) is 2.45. The van der Waals surface area contributed by atoms with E-state index in [-0.39, 0.29) is 23.3 Å². The highest BCUT2D eigenvalue weighted by molar-refractivity contribution is 8.00. The highest BCUT2D eigenvalue weighted by Gasteiger charge is 2.22. The van der Waals surface area contributed by atoms with Crippen LogP contribution in [0.25, 0.3) is 0 Å². The Balaban J connectivity index is 1.95. The zero-order valence-electron chi connectivity index (χ0n) is 11.1. The van der Waals surface area contributed by atoms with E-state index in [0.717, 1.165) is 11.8 Å². The molecule has 1 saturated heterocycles. The first-order valence-corrected chi connectivity index (χ1v) is 7.27. The summed E-state index contributed by atoms with van der Waals surface area (Å²) in [4.78, 5) is 28.9. The number of rotatable bonds is 4. The first-order valence-electron chi connectivity index (χ1n) is 6.28. The quantitative estimate of drug-likeness (QED) is 0.839. The van der Waals surface area contributed by atoms with Crippen molar-refractivity contribution in [1.29, 1.82) is 0 Å². The Hall–Kier alpha value is -1.60. The number of carboxylic acids is 1. The Morgan fingerprint density at radius 1 is 1.60 bits per heavy atom. The number of pyridine rings is 1. The monoisotopic (exact) mass is 296 g/mol. The second kappa shape index (κ2) is 6.71. The van der Waals surface area contributed by atoms with Crippen LogP contribution >= 0.6 is 11.8 Å². The van der Waals surface area contributed by atoms with Gasteiger partial charge in [-0.05, 0) is 19.1 Å². The summed E-state index contributed by atoms with van der Waals surface area (Å²) < 4.78 is 5.38. The zero-order valence-corrected chi connectivity index (χ0v) is 11.9. The second-order valence-electron chi connectivity index (χ2n) is 4.47. The molecule has 1 aromatic rings. The van der Waals surface area contributed by atoms with Gasteiger partial charge in [-0.15, -0.1) is 0 Å². The van der Waals surface area contributed by atoms with Crippen molar-refractivity contribution in [1.82, 2.24) is 9.88 Å². The normalized spacial score (nSPS) is 18.9. The Labute approximate surface area is 121 Å². The summed E-state index contributed by atoms with van der Waals surface area (Å²) in [5.41, 5.74) is 0.126. The van der Waals surface area contributed by atoms with Crippen LogP contribution in [-0.4, -0.2) is 58.4 Å². The summed E-state index contributed by atoms with van der Waals surface area (Å²) in [5, 5.41) is 9.42. The van der Waals surface area contributed by atoms with E-state index in [9.17, 15) is 9.59 Å². The molecule has 1 fully saturated rings. The number of carboxylic acid groups (broad SMARTS) is 1. The number of hydrogen-bond acceptors (Lipinski definition) is 5. The molecule has 20 heavy (non-hydrogen) atoms. The number of carbonyl (C=O) groups is 2. The van der Waals surface area contributed by atoms with Gasteiger partial charge in [-0.2, -0.15) is 0 Å². The first kappa shape index (κ1) is 14.8. The molecule has 1 amide bonds. The van der Waals surface area contributed by atoms with Crippen LogP contribution < -0.4 is 0 Å². The Morgan fingerprint density at radius 3 is 3.10 bits per heavy atom. The fourth-order valence-electron chi connectivity index (χ4n) is 1.93. The number of thioether (sulfide) groups is 1. The van der Waals surface area contributed by atoms with Gasteiger partial charge in [0.15, 0.2) is 0 Å². The third kappa shape index (κ3) is 3.71. The highest BCUT2D eigenvalue weighted by atomic mass is 32.2. The van der Waals surface area contributed by atoms with E-state index >= 15 is 0 Å². The summed E-state index contributed by atoms with van der Waals surface area (Å²) in [5.74, 6) is -0.871. The molecule has 1 unspecified atom stereocenters. The van der Waals surface area contributed by atoms with Crippen molar-refractivity contribution < 1.29 is 19.4 Å². The molecule has 1 N–H and O–H groups in total. The Morgan fingerprint density at radius 2 is 2.40 bits per heavy atom. The molecule has 1 aliphatic heterocycles. The number of aromatic carboxylic acids is 1. The Bertz CT molecular complexity index is 509. The van der Waals surface area contributed by atoms with Crippen molar-refractivity contribution in [2.75, 3.05) is 25.4 Å². The maximum absolute atomic E-state index is 12.1. The van der Waals surface area contributed by atoms with Crippen LogP contribution in [0.5, 0.6) is 0 Å². The van der Waals surface area contributed by atoms with Crippen LogP contribution in [0.3, 0.4) is 0 Å². The summed E-state index contributed by atoms with van der Waals surface area (Å²) in [6, 6.07) is 3.05.